The van der Waals surface area contributed by atoms with Gasteiger partial charge in [0.15, 0.2) is 11.7 Å². The highest BCUT2D eigenvalue weighted by Crippen LogP contribution is 2.07. The molecular formula is C10H19F3. The summed E-state index contributed by atoms with van der Waals surface area (Å²) in [6, 6.07) is 0. The molecule has 0 amide bonds. The molecule has 0 aliphatic rings. The highest BCUT2D eigenvalue weighted by atomic mass is 19.2. The van der Waals surface area contributed by atoms with Crippen molar-refractivity contribution in [3.63, 3.8) is 0 Å². The van der Waals surface area contributed by atoms with Crippen molar-refractivity contribution in [1.82, 2.24) is 0 Å². The number of hydrogen-bond donors (Lipinski definition) is 0. The third-order valence-corrected chi connectivity index (χ3v) is 0.513. The zero-order valence-electron chi connectivity index (χ0n) is 8.83. The summed E-state index contributed by atoms with van der Waals surface area (Å²) in [6.07, 6.45) is 1.02. The van der Waals surface area contributed by atoms with Crippen LogP contribution >= 0.6 is 0 Å². The molecular weight excluding hydrogens is 177 g/mol. The van der Waals surface area contributed by atoms with Crippen LogP contribution in [0.15, 0.2) is 37.5 Å². The van der Waals surface area contributed by atoms with Crippen molar-refractivity contribution < 1.29 is 13.2 Å². The van der Waals surface area contributed by atoms with Crippen LogP contribution in [0.5, 0.6) is 0 Å². The first kappa shape index (κ1) is 22.7. The molecule has 0 heterocycles. The minimum absolute atomic E-state index is 0.500. The summed E-state index contributed by atoms with van der Waals surface area (Å²) in [5.41, 5.74) is 0. The maximum atomic E-state index is 11.6. The summed E-state index contributed by atoms with van der Waals surface area (Å²) in [4.78, 5) is 0. The first-order chi connectivity index (χ1) is 6.18. The van der Waals surface area contributed by atoms with Gasteiger partial charge in [-0.15, -0.1) is 13.2 Å². The molecule has 0 aliphatic heterocycles. The van der Waals surface area contributed by atoms with Crippen molar-refractivity contribution in [1.29, 1.82) is 0 Å². The number of alkyl halides is 1. The average Bonchev–Trinajstić information content (AvgIpc) is 2.25. The van der Waals surface area contributed by atoms with Gasteiger partial charge in [0.25, 0.3) is 0 Å². The molecule has 0 fully saturated rings. The van der Waals surface area contributed by atoms with E-state index in [0.717, 1.165) is 6.08 Å². The lowest BCUT2D eigenvalue weighted by atomic mass is 10.5. The van der Waals surface area contributed by atoms with E-state index in [1.54, 1.807) is 0 Å². The Bertz CT molecular complexity index is 117. The van der Waals surface area contributed by atoms with E-state index in [-0.39, 0.29) is 0 Å². The summed E-state index contributed by atoms with van der Waals surface area (Å²) in [6.45, 7) is 14.1. The molecule has 0 rings (SSSR count). The molecule has 0 atom stereocenters. The normalized spacial score (nSPS) is 7.46. The van der Waals surface area contributed by atoms with Crippen LogP contribution in [0.25, 0.3) is 0 Å². The van der Waals surface area contributed by atoms with E-state index in [1.165, 1.54) is 6.92 Å². The van der Waals surface area contributed by atoms with Crippen molar-refractivity contribution in [3.8, 4) is 0 Å². The number of halogens is 3. The molecule has 0 saturated carbocycles. The smallest absolute Gasteiger partial charge is 0.153 e. The largest absolute Gasteiger partial charge is 0.255 e. The third kappa shape index (κ3) is 35.6. The molecule has 0 unspecified atom stereocenters. The number of rotatable bonds is 1. The van der Waals surface area contributed by atoms with Crippen molar-refractivity contribution in [3.05, 3.63) is 37.5 Å². The molecule has 0 bridgehead atoms. The maximum absolute atomic E-state index is 11.6. The van der Waals surface area contributed by atoms with Crippen molar-refractivity contribution in [2.24, 2.45) is 0 Å². The number of hydrogen-bond acceptors (Lipinski definition) is 0. The summed E-state index contributed by atoms with van der Waals surface area (Å²) >= 11 is 0. The SMILES string of the molecule is C=C.C=C(F)/C(F)=C\C.CC.CF. The van der Waals surface area contributed by atoms with Gasteiger partial charge in [0.05, 0.1) is 7.18 Å². The average molecular weight is 196 g/mol. The Morgan fingerprint density at radius 2 is 1.31 bits per heavy atom. The lowest BCUT2D eigenvalue weighted by Crippen LogP contribution is -1.66. The Morgan fingerprint density at radius 3 is 1.31 bits per heavy atom. The van der Waals surface area contributed by atoms with Crippen molar-refractivity contribution in [2.75, 3.05) is 7.18 Å². The van der Waals surface area contributed by atoms with Crippen LogP contribution < -0.4 is 0 Å². The predicted octanol–water partition coefficient (Wildman–Crippen LogP) is 4.76. The van der Waals surface area contributed by atoms with Gasteiger partial charge in [-0.2, -0.15) is 0 Å². The molecule has 0 N–H and O–H groups in total. The second-order valence-corrected chi connectivity index (χ2v) is 1.04. The Hall–Kier alpha value is -0.990. The van der Waals surface area contributed by atoms with Crippen LogP contribution in [-0.4, -0.2) is 7.18 Å². The lowest BCUT2D eigenvalue weighted by molar-refractivity contribution is 0.547. The fourth-order valence-corrected chi connectivity index (χ4v) is 0.157. The van der Waals surface area contributed by atoms with Gasteiger partial charge in [0.2, 0.25) is 0 Å². The molecule has 0 aliphatic carbocycles. The van der Waals surface area contributed by atoms with Gasteiger partial charge in [0, 0.05) is 0 Å². The van der Waals surface area contributed by atoms with E-state index in [1.807, 2.05) is 13.8 Å². The summed E-state index contributed by atoms with van der Waals surface area (Å²) in [7, 11) is 0.500. The third-order valence-electron chi connectivity index (χ3n) is 0.513. The second kappa shape index (κ2) is 30.5. The molecule has 0 aromatic heterocycles. The Balaban J connectivity index is -0.0000000573. The standard InChI is InChI=1S/C5H6F2.C2H6.C2H4.CH3F/c1-3-5(7)4(2)6;3*1-2/h3H,2H2,1H3;1-2H3;1-2H2;1H3/b5-3+;;;. The quantitative estimate of drug-likeness (QED) is 0.419. The summed E-state index contributed by atoms with van der Waals surface area (Å²) < 4.78 is 32.6. The minimum atomic E-state index is -1.01. The topological polar surface area (TPSA) is 0 Å². The van der Waals surface area contributed by atoms with E-state index in [4.69, 9.17) is 0 Å². The fraction of sp³-hybridized carbons (Fsp3) is 0.400. The Kier molecular flexibility index (Phi) is 53.3. The highest BCUT2D eigenvalue weighted by molar-refractivity contribution is 5.12. The minimum Gasteiger partial charge on any atom is -0.255 e. The van der Waals surface area contributed by atoms with E-state index >= 15 is 0 Å². The predicted molar refractivity (Wildman–Crippen MR) is 54.7 cm³/mol. The van der Waals surface area contributed by atoms with Gasteiger partial charge in [-0.25, -0.2) is 8.78 Å². The van der Waals surface area contributed by atoms with Gasteiger partial charge < -0.3 is 0 Å². The van der Waals surface area contributed by atoms with Crippen LogP contribution in [-0.2, 0) is 0 Å². The summed E-state index contributed by atoms with van der Waals surface area (Å²) in [5, 5.41) is 0. The molecule has 0 spiro atoms. The molecule has 0 radical (unpaired) electrons. The molecule has 0 aromatic carbocycles. The monoisotopic (exact) mass is 196 g/mol. The molecule has 0 nitrogen and oxygen atoms in total. The maximum Gasteiger partial charge on any atom is 0.153 e. The molecule has 0 aromatic rings. The van der Waals surface area contributed by atoms with E-state index in [2.05, 4.69) is 19.7 Å². The van der Waals surface area contributed by atoms with Crippen LogP contribution in [0.2, 0.25) is 0 Å². The van der Waals surface area contributed by atoms with Gasteiger partial charge in [-0.05, 0) is 13.0 Å². The van der Waals surface area contributed by atoms with E-state index in [9.17, 15) is 13.2 Å². The first-order valence-electron chi connectivity index (χ1n) is 3.73. The Labute approximate surface area is 79.5 Å². The van der Waals surface area contributed by atoms with Crippen LogP contribution in [0.3, 0.4) is 0 Å². The fourth-order valence-electron chi connectivity index (χ4n) is 0.157. The van der Waals surface area contributed by atoms with Gasteiger partial charge in [-0.1, -0.05) is 20.4 Å². The van der Waals surface area contributed by atoms with Gasteiger partial charge >= 0.3 is 0 Å². The highest BCUT2D eigenvalue weighted by Gasteiger charge is 1.92. The van der Waals surface area contributed by atoms with Crippen LogP contribution in [0.4, 0.5) is 13.2 Å². The molecule has 3 heteroatoms. The van der Waals surface area contributed by atoms with E-state index in [0.29, 0.717) is 7.18 Å². The number of allylic oxidation sites excluding steroid dienone is 3. The molecule has 80 valence electrons. The molecule has 13 heavy (non-hydrogen) atoms. The zero-order valence-corrected chi connectivity index (χ0v) is 8.83. The van der Waals surface area contributed by atoms with Gasteiger partial charge in [-0.3, -0.25) is 4.39 Å². The zero-order chi connectivity index (χ0) is 11.9. The van der Waals surface area contributed by atoms with Crippen LogP contribution in [0.1, 0.15) is 20.8 Å². The first-order valence-corrected chi connectivity index (χ1v) is 3.73. The summed E-state index contributed by atoms with van der Waals surface area (Å²) in [5.74, 6) is -1.90. The second-order valence-electron chi connectivity index (χ2n) is 1.04. The van der Waals surface area contributed by atoms with E-state index < -0.39 is 11.7 Å². The molecule has 0 saturated heterocycles. The van der Waals surface area contributed by atoms with Crippen molar-refractivity contribution in [2.45, 2.75) is 20.8 Å². The lowest BCUT2D eigenvalue weighted by Gasteiger charge is -1.82. The van der Waals surface area contributed by atoms with Crippen molar-refractivity contribution >= 4 is 0 Å². The van der Waals surface area contributed by atoms with Gasteiger partial charge in [0.1, 0.15) is 0 Å². The van der Waals surface area contributed by atoms with Crippen LogP contribution in [0, 0.1) is 0 Å². The Morgan fingerprint density at radius 1 is 1.08 bits per heavy atom.